The third kappa shape index (κ3) is 9.21. The lowest BCUT2D eigenvalue weighted by Gasteiger charge is -1.83. The number of hydrogen-bond acceptors (Lipinski definition) is 0. The molecule has 0 aliphatic rings. The highest BCUT2D eigenvalue weighted by molar-refractivity contribution is 4.35. The van der Waals surface area contributed by atoms with Crippen molar-refractivity contribution in [3.63, 3.8) is 0 Å². The van der Waals surface area contributed by atoms with Gasteiger partial charge in [-0.15, -0.1) is 0 Å². The molecule has 0 aromatic carbocycles. The van der Waals surface area contributed by atoms with Crippen molar-refractivity contribution in [2.75, 3.05) is 6.67 Å². The first-order valence-corrected chi connectivity index (χ1v) is 1.47. The maximum Gasteiger partial charge on any atom is 0.126 e. The van der Waals surface area contributed by atoms with Gasteiger partial charge in [-0.25, -0.2) is 8.78 Å². The van der Waals surface area contributed by atoms with Gasteiger partial charge in [0, 0.05) is 0 Å². The minimum absolute atomic E-state index is 0. The topological polar surface area (TPSA) is 0 Å². The van der Waals surface area contributed by atoms with Crippen molar-refractivity contribution in [2.45, 2.75) is 13.1 Å². The van der Waals surface area contributed by atoms with E-state index in [2.05, 4.69) is 0 Å². The van der Waals surface area contributed by atoms with E-state index in [0.29, 0.717) is 0 Å². The molecule has 0 amide bonds. The van der Waals surface area contributed by atoms with Gasteiger partial charge in [-0.2, -0.15) is 0 Å². The molecule has 0 aliphatic carbocycles. The number of halogens is 3. The van der Waals surface area contributed by atoms with E-state index in [1.807, 2.05) is 0 Å². The minimum Gasteiger partial charge on any atom is -0.269 e. The Morgan fingerprint density at radius 2 is 1.83 bits per heavy atom. The Kier molecular flexibility index (Phi) is 7.38. The first-order valence-electron chi connectivity index (χ1n) is 1.47. The molecule has 6 heavy (non-hydrogen) atoms. The predicted octanol–water partition coefficient (Wildman–Crippen LogP) is 1.47. The number of alkyl halides is 2. The normalized spacial score (nSPS) is 12.5. The van der Waals surface area contributed by atoms with Gasteiger partial charge in [0.2, 0.25) is 0 Å². The van der Waals surface area contributed by atoms with Crippen LogP contribution < -0.4 is 0 Å². The fourth-order valence-corrected chi connectivity index (χ4v) is 0. The zero-order valence-electron chi connectivity index (χ0n) is 3.45. The van der Waals surface area contributed by atoms with Gasteiger partial charge in [0.1, 0.15) is 12.8 Å². The molecule has 0 aliphatic heterocycles. The van der Waals surface area contributed by atoms with Gasteiger partial charge in [-0.1, -0.05) is 0 Å². The van der Waals surface area contributed by atoms with E-state index >= 15 is 0 Å². The molecule has 0 fully saturated rings. The quantitative estimate of drug-likeness (QED) is 0.468. The second kappa shape index (κ2) is 4.79. The number of hydrogen-bond donors (Lipinski definition) is 0. The summed E-state index contributed by atoms with van der Waals surface area (Å²) in [5, 5.41) is 0. The van der Waals surface area contributed by atoms with Crippen LogP contribution in [0.25, 0.3) is 0 Å². The molecular formula is C3H7F3. The third-order valence-electron chi connectivity index (χ3n) is 0.213. The first-order chi connectivity index (χ1) is 2.27. The molecule has 0 saturated carbocycles. The maximum atomic E-state index is 11.1. The van der Waals surface area contributed by atoms with E-state index in [4.69, 9.17) is 0 Å². The summed E-state index contributed by atoms with van der Waals surface area (Å²) >= 11 is 0. The van der Waals surface area contributed by atoms with E-state index in [0.717, 1.165) is 0 Å². The van der Waals surface area contributed by atoms with Gasteiger partial charge < -0.3 is 0 Å². The fraction of sp³-hybridized carbons (Fsp3) is 1.00. The van der Waals surface area contributed by atoms with Gasteiger partial charge in [0.25, 0.3) is 0 Å². The summed E-state index contributed by atoms with van der Waals surface area (Å²) in [6.45, 7) is 0.319. The molecule has 0 bridgehead atoms. The van der Waals surface area contributed by atoms with Crippen LogP contribution in [0, 0.1) is 0 Å². The molecule has 40 valence electrons. The molecule has 1 atom stereocenters. The van der Waals surface area contributed by atoms with Crippen LogP contribution >= 0.6 is 0 Å². The smallest absolute Gasteiger partial charge is 0.126 e. The molecule has 0 aromatic heterocycles. The van der Waals surface area contributed by atoms with Crippen LogP contribution in [0.2, 0.25) is 0 Å². The van der Waals surface area contributed by atoms with Gasteiger partial charge in [-0.3, -0.25) is 4.70 Å². The molecule has 0 N–H and O–H groups in total. The van der Waals surface area contributed by atoms with E-state index in [-0.39, 0.29) is 4.70 Å². The highest BCUT2D eigenvalue weighted by Gasteiger charge is 1.89. The van der Waals surface area contributed by atoms with Crippen LogP contribution in [-0.4, -0.2) is 12.8 Å². The van der Waals surface area contributed by atoms with Crippen molar-refractivity contribution in [1.82, 2.24) is 0 Å². The molecule has 0 saturated heterocycles. The van der Waals surface area contributed by atoms with Crippen LogP contribution in [0.3, 0.4) is 0 Å². The Morgan fingerprint density at radius 3 is 1.83 bits per heavy atom. The fourth-order valence-electron chi connectivity index (χ4n) is 0. The summed E-state index contributed by atoms with van der Waals surface area (Å²) in [5.41, 5.74) is 0. The molecular weight excluding hydrogens is 93.0 g/mol. The second-order valence-electron chi connectivity index (χ2n) is 0.935. The molecule has 0 rings (SSSR count). The molecule has 0 spiro atoms. The second-order valence-corrected chi connectivity index (χ2v) is 0.935. The Bertz CT molecular complexity index is 20.0. The van der Waals surface area contributed by atoms with E-state index in [9.17, 15) is 8.78 Å². The van der Waals surface area contributed by atoms with Gasteiger partial charge in [-0.05, 0) is 6.92 Å². The van der Waals surface area contributed by atoms with E-state index in [1.54, 1.807) is 0 Å². The SMILES string of the molecule is CC(F)CF.F. The van der Waals surface area contributed by atoms with E-state index < -0.39 is 12.8 Å². The summed E-state index contributed by atoms with van der Waals surface area (Å²) < 4.78 is 21.8. The Hall–Kier alpha value is -0.210. The highest BCUT2D eigenvalue weighted by atomic mass is 19.2. The summed E-state index contributed by atoms with van der Waals surface area (Å²) in [6.07, 6.45) is -1.28. The molecule has 0 heterocycles. The van der Waals surface area contributed by atoms with Crippen molar-refractivity contribution in [1.29, 1.82) is 0 Å². The summed E-state index contributed by atoms with van der Waals surface area (Å²) in [7, 11) is 0. The van der Waals surface area contributed by atoms with Crippen LogP contribution in [0.1, 0.15) is 6.92 Å². The van der Waals surface area contributed by atoms with Crippen LogP contribution in [0.15, 0.2) is 0 Å². The standard InChI is InChI=1S/C3H6F2.FH/c1-3(5)2-4;/h3H,2H2,1H3;1H. The van der Waals surface area contributed by atoms with Crippen molar-refractivity contribution in [2.24, 2.45) is 0 Å². The van der Waals surface area contributed by atoms with Crippen LogP contribution in [-0.2, 0) is 0 Å². The predicted molar refractivity (Wildman–Crippen MR) is 19.0 cm³/mol. The monoisotopic (exact) mass is 100 g/mol. The van der Waals surface area contributed by atoms with Crippen molar-refractivity contribution in [3.8, 4) is 0 Å². The largest absolute Gasteiger partial charge is 0.269 e. The van der Waals surface area contributed by atoms with E-state index in [1.165, 1.54) is 6.92 Å². The summed E-state index contributed by atoms with van der Waals surface area (Å²) in [5.74, 6) is 0. The van der Waals surface area contributed by atoms with Gasteiger partial charge >= 0.3 is 0 Å². The van der Waals surface area contributed by atoms with Crippen molar-refractivity contribution < 1.29 is 13.5 Å². The Morgan fingerprint density at radius 1 is 1.67 bits per heavy atom. The number of rotatable bonds is 1. The zero-order valence-corrected chi connectivity index (χ0v) is 3.45. The van der Waals surface area contributed by atoms with Crippen LogP contribution in [0.5, 0.6) is 0 Å². The molecule has 0 radical (unpaired) electrons. The molecule has 1 unspecified atom stereocenters. The van der Waals surface area contributed by atoms with Gasteiger partial charge in [0.15, 0.2) is 0 Å². The lowest BCUT2D eigenvalue weighted by Crippen LogP contribution is -1.91. The summed E-state index contributed by atoms with van der Waals surface area (Å²) in [6, 6.07) is 0. The Balaban J connectivity index is 0. The van der Waals surface area contributed by atoms with Crippen molar-refractivity contribution >= 4 is 0 Å². The highest BCUT2D eigenvalue weighted by Crippen LogP contribution is 1.84. The average molecular weight is 100 g/mol. The summed E-state index contributed by atoms with van der Waals surface area (Å²) in [4.78, 5) is 0. The molecule has 0 nitrogen and oxygen atoms in total. The third-order valence-corrected chi connectivity index (χ3v) is 0.213. The van der Waals surface area contributed by atoms with Crippen molar-refractivity contribution in [3.05, 3.63) is 0 Å². The zero-order chi connectivity index (χ0) is 4.28. The first kappa shape index (κ1) is 9.25. The lowest BCUT2D eigenvalue weighted by atomic mass is 10.5. The van der Waals surface area contributed by atoms with Crippen LogP contribution in [0.4, 0.5) is 13.5 Å². The van der Waals surface area contributed by atoms with Gasteiger partial charge in [0.05, 0.1) is 0 Å². The molecule has 3 heteroatoms. The average Bonchev–Trinajstić information content (AvgIpc) is 1.38. The maximum absolute atomic E-state index is 11.1. The molecule has 0 aromatic rings. The lowest BCUT2D eigenvalue weighted by molar-refractivity contribution is 0.281. The minimum atomic E-state index is -1.28. The Labute approximate surface area is 34.5 Å².